The first-order valence-electron chi connectivity index (χ1n) is 9.48. The molecule has 5 nitrogen and oxygen atoms in total. The molecule has 0 atom stereocenters. The van der Waals surface area contributed by atoms with E-state index in [-0.39, 0.29) is 5.56 Å². The fourth-order valence-corrected chi connectivity index (χ4v) is 4.33. The van der Waals surface area contributed by atoms with E-state index in [2.05, 4.69) is 55.6 Å². The maximum Gasteiger partial charge on any atom is 0.258 e. The number of carbonyl (C=O) groups excluding carboxylic acids is 1. The first-order chi connectivity index (χ1) is 15.0. The van der Waals surface area contributed by atoms with E-state index >= 15 is 0 Å². The average molecular weight is 497 g/mol. The van der Waals surface area contributed by atoms with Crippen molar-refractivity contribution in [2.75, 3.05) is 5.32 Å². The molecule has 0 fully saturated rings. The van der Waals surface area contributed by atoms with Crippen molar-refractivity contribution in [2.45, 2.75) is 23.5 Å². The molecule has 0 radical (unpaired) electrons. The van der Waals surface area contributed by atoms with E-state index in [1.165, 1.54) is 29.5 Å². The monoisotopic (exact) mass is 496 g/mol. The molecule has 1 amide bonds. The van der Waals surface area contributed by atoms with Crippen LogP contribution in [0.3, 0.4) is 0 Å². The molecular weight excluding hydrogens is 479 g/mol. The highest BCUT2D eigenvalue weighted by Gasteiger charge is 2.16. The van der Waals surface area contributed by atoms with Gasteiger partial charge < -0.3 is 5.32 Å². The van der Waals surface area contributed by atoms with Crippen LogP contribution in [0.15, 0.2) is 87.6 Å². The molecule has 31 heavy (non-hydrogen) atoms. The number of halogens is 2. The summed E-state index contributed by atoms with van der Waals surface area (Å²) in [6.45, 7) is 2.61. The van der Waals surface area contributed by atoms with Crippen LogP contribution < -0.4 is 5.32 Å². The number of nitrogens with zero attached hydrogens (tertiary/aromatic N) is 3. The summed E-state index contributed by atoms with van der Waals surface area (Å²) in [5, 5.41) is 7.91. The number of nitrogens with one attached hydrogen (secondary N) is 1. The van der Waals surface area contributed by atoms with Crippen molar-refractivity contribution >= 4 is 39.3 Å². The number of anilines is 1. The summed E-state index contributed by atoms with van der Waals surface area (Å²) in [4.78, 5) is 17.8. The lowest BCUT2D eigenvalue weighted by molar-refractivity contribution is 0.102. The summed E-state index contributed by atoms with van der Waals surface area (Å²) in [7, 11) is 0. The zero-order valence-corrected chi connectivity index (χ0v) is 19.0. The van der Waals surface area contributed by atoms with Gasteiger partial charge in [0.2, 0.25) is 4.73 Å². The minimum Gasteiger partial charge on any atom is -0.321 e. The molecule has 4 aromatic rings. The zero-order valence-electron chi connectivity index (χ0n) is 16.5. The van der Waals surface area contributed by atoms with E-state index in [4.69, 9.17) is 0 Å². The normalized spacial score (nSPS) is 10.8. The third-order valence-corrected chi connectivity index (χ3v) is 5.92. The van der Waals surface area contributed by atoms with Gasteiger partial charge in [-0.05, 0) is 64.4 Å². The predicted molar refractivity (Wildman–Crippen MR) is 123 cm³/mol. The van der Waals surface area contributed by atoms with Gasteiger partial charge in [0.25, 0.3) is 5.91 Å². The number of hydrogen-bond acceptors (Lipinski definition) is 4. The van der Waals surface area contributed by atoms with Gasteiger partial charge in [-0.25, -0.2) is 9.07 Å². The van der Waals surface area contributed by atoms with E-state index in [0.717, 1.165) is 10.5 Å². The van der Waals surface area contributed by atoms with Gasteiger partial charge in [-0.1, -0.05) is 54.1 Å². The zero-order chi connectivity index (χ0) is 21.8. The Morgan fingerprint density at radius 1 is 1.06 bits per heavy atom. The Labute approximate surface area is 191 Å². The topological polar surface area (TPSA) is 59.8 Å². The molecular formula is C23H18BrFN4OS. The fourth-order valence-electron chi connectivity index (χ4n) is 2.94. The molecule has 1 N–H and O–H groups in total. The van der Waals surface area contributed by atoms with Gasteiger partial charge in [-0.2, -0.15) is 4.98 Å². The smallest absolute Gasteiger partial charge is 0.258 e. The second kappa shape index (κ2) is 9.45. The van der Waals surface area contributed by atoms with Gasteiger partial charge in [0.15, 0.2) is 5.16 Å². The van der Waals surface area contributed by atoms with Crippen LogP contribution in [0.2, 0.25) is 0 Å². The molecule has 0 saturated heterocycles. The Kier molecular flexibility index (Phi) is 6.48. The highest BCUT2D eigenvalue weighted by molar-refractivity contribution is 9.10. The molecule has 0 saturated carbocycles. The minimum absolute atomic E-state index is 0.00687. The van der Waals surface area contributed by atoms with Crippen molar-refractivity contribution < 1.29 is 9.18 Å². The molecule has 0 unspecified atom stereocenters. The molecule has 0 aliphatic rings. The summed E-state index contributed by atoms with van der Waals surface area (Å²) in [6.07, 6.45) is 0. The number of carbonyl (C=O) groups is 1. The first kappa shape index (κ1) is 21.3. The number of hydrogen-bond donors (Lipinski definition) is 1. The van der Waals surface area contributed by atoms with E-state index in [9.17, 15) is 9.18 Å². The van der Waals surface area contributed by atoms with Crippen LogP contribution in [0.1, 0.15) is 21.5 Å². The molecule has 3 aromatic carbocycles. The number of amides is 1. The van der Waals surface area contributed by atoms with E-state index in [0.29, 0.717) is 22.1 Å². The Bertz CT molecular complexity index is 1230. The van der Waals surface area contributed by atoms with Gasteiger partial charge in [0.1, 0.15) is 5.82 Å². The molecule has 4 rings (SSSR count). The molecule has 8 heteroatoms. The maximum absolute atomic E-state index is 14.0. The van der Waals surface area contributed by atoms with Crippen molar-refractivity contribution in [3.63, 3.8) is 0 Å². The van der Waals surface area contributed by atoms with Crippen LogP contribution in [0, 0.1) is 12.7 Å². The lowest BCUT2D eigenvalue weighted by Crippen LogP contribution is -2.14. The summed E-state index contributed by atoms with van der Waals surface area (Å²) in [6, 6.07) is 21.5. The Hall–Kier alpha value is -2.97. The van der Waals surface area contributed by atoms with Gasteiger partial charge in [0.05, 0.1) is 17.8 Å². The highest BCUT2D eigenvalue weighted by Crippen LogP contribution is 2.33. The number of rotatable bonds is 6. The Balaban J connectivity index is 1.57. The predicted octanol–water partition coefficient (Wildman–Crippen LogP) is 5.94. The van der Waals surface area contributed by atoms with Gasteiger partial charge in [-0.15, -0.1) is 5.10 Å². The number of para-hydroxylation sites is 1. The third kappa shape index (κ3) is 5.21. The van der Waals surface area contributed by atoms with Crippen molar-refractivity contribution in [1.82, 2.24) is 14.8 Å². The number of benzene rings is 3. The number of aryl methyl sites for hydroxylation is 1. The van der Waals surface area contributed by atoms with Crippen LogP contribution in [0.4, 0.5) is 10.1 Å². The van der Waals surface area contributed by atoms with Gasteiger partial charge in [0, 0.05) is 4.90 Å². The summed E-state index contributed by atoms with van der Waals surface area (Å²) in [5.41, 5.74) is 2.86. The maximum atomic E-state index is 14.0. The van der Waals surface area contributed by atoms with Crippen molar-refractivity contribution in [1.29, 1.82) is 0 Å². The average Bonchev–Trinajstić information content (AvgIpc) is 3.10. The van der Waals surface area contributed by atoms with Crippen LogP contribution >= 0.6 is 27.7 Å². The fraction of sp³-hybridized carbons (Fsp3) is 0.0870. The van der Waals surface area contributed by atoms with Crippen molar-refractivity contribution in [3.8, 4) is 0 Å². The Morgan fingerprint density at radius 2 is 1.77 bits per heavy atom. The number of aromatic nitrogens is 3. The quantitative estimate of drug-likeness (QED) is 0.358. The van der Waals surface area contributed by atoms with Gasteiger partial charge >= 0.3 is 0 Å². The summed E-state index contributed by atoms with van der Waals surface area (Å²) < 4.78 is 16.3. The standard InChI is InChI=1S/C23H18BrFN4OS/c1-15-10-12-16(13-11-15)14-29-23(27-22(24)28-29)31-20-9-5-4-8-19(20)26-21(30)17-6-2-3-7-18(17)25/h2-13H,14H2,1H3,(H,26,30). The lowest BCUT2D eigenvalue weighted by Gasteiger charge is -2.11. The van der Waals surface area contributed by atoms with E-state index in [1.807, 2.05) is 25.1 Å². The third-order valence-electron chi connectivity index (χ3n) is 4.52. The van der Waals surface area contributed by atoms with Gasteiger partial charge in [-0.3, -0.25) is 4.79 Å². The molecule has 1 aromatic heterocycles. The largest absolute Gasteiger partial charge is 0.321 e. The second-order valence-electron chi connectivity index (χ2n) is 6.84. The Morgan fingerprint density at radius 3 is 2.55 bits per heavy atom. The molecule has 0 aliphatic carbocycles. The van der Waals surface area contributed by atoms with Crippen LogP contribution in [0.25, 0.3) is 0 Å². The van der Waals surface area contributed by atoms with Crippen LogP contribution in [0.5, 0.6) is 0 Å². The first-order valence-corrected chi connectivity index (χ1v) is 11.1. The summed E-state index contributed by atoms with van der Waals surface area (Å²) in [5.74, 6) is -1.07. The molecule has 0 aliphatic heterocycles. The molecule has 0 spiro atoms. The highest BCUT2D eigenvalue weighted by atomic mass is 79.9. The van der Waals surface area contributed by atoms with E-state index in [1.54, 1.807) is 22.9 Å². The molecule has 0 bridgehead atoms. The van der Waals surface area contributed by atoms with Crippen LogP contribution in [-0.4, -0.2) is 20.7 Å². The lowest BCUT2D eigenvalue weighted by atomic mass is 10.1. The SMILES string of the molecule is Cc1ccc(Cn2nc(Br)nc2Sc2ccccc2NC(=O)c2ccccc2F)cc1. The summed E-state index contributed by atoms with van der Waals surface area (Å²) >= 11 is 4.73. The van der Waals surface area contributed by atoms with Crippen molar-refractivity contribution in [2.24, 2.45) is 0 Å². The molecule has 156 valence electrons. The van der Waals surface area contributed by atoms with Crippen LogP contribution in [-0.2, 0) is 6.54 Å². The second-order valence-corrected chi connectivity index (χ2v) is 8.56. The molecule has 1 heterocycles. The minimum atomic E-state index is -0.563. The van der Waals surface area contributed by atoms with E-state index < -0.39 is 11.7 Å². The van der Waals surface area contributed by atoms with Crippen molar-refractivity contribution in [3.05, 3.63) is 100 Å².